The first-order valence-corrected chi connectivity index (χ1v) is 5.41. The fraction of sp³-hybridized carbons (Fsp3) is 0.250. The van der Waals surface area contributed by atoms with Crippen LogP contribution in [-0.2, 0) is 17.8 Å². The molecule has 0 aliphatic carbocycles. The predicted molar refractivity (Wildman–Crippen MR) is 63.1 cm³/mol. The maximum Gasteiger partial charge on any atom is 0.226 e. The number of hydrogen-bond acceptors (Lipinski definition) is 3. The van der Waals surface area contributed by atoms with Crippen LogP contribution in [0.2, 0.25) is 0 Å². The van der Waals surface area contributed by atoms with E-state index < -0.39 is 0 Å². The monoisotopic (exact) mass is 230 g/mol. The van der Waals surface area contributed by atoms with Gasteiger partial charge in [0.1, 0.15) is 0 Å². The van der Waals surface area contributed by atoms with Crippen molar-refractivity contribution < 1.29 is 4.79 Å². The summed E-state index contributed by atoms with van der Waals surface area (Å²) in [5.74, 6) is -0.0377. The zero-order valence-corrected chi connectivity index (χ0v) is 9.60. The van der Waals surface area contributed by atoms with Crippen LogP contribution in [0.25, 0.3) is 0 Å². The average molecular weight is 230 g/mol. The molecular formula is C12H14N4O. The summed E-state index contributed by atoms with van der Waals surface area (Å²) in [6, 6.07) is 5.54. The van der Waals surface area contributed by atoms with E-state index in [9.17, 15) is 4.79 Å². The first kappa shape index (κ1) is 11.3. The van der Waals surface area contributed by atoms with Crippen molar-refractivity contribution in [1.29, 1.82) is 0 Å². The maximum atomic E-state index is 11.6. The largest absolute Gasteiger partial charge is 0.352 e. The number of H-pyrrole nitrogens is 1. The zero-order chi connectivity index (χ0) is 12.1. The third-order valence-corrected chi connectivity index (χ3v) is 2.48. The van der Waals surface area contributed by atoms with Crippen molar-refractivity contribution in [3.63, 3.8) is 0 Å². The number of aromatic amines is 1. The Morgan fingerprint density at radius 1 is 1.47 bits per heavy atom. The summed E-state index contributed by atoms with van der Waals surface area (Å²) < 4.78 is 0. The lowest BCUT2D eigenvalue weighted by Gasteiger charge is -2.03. The van der Waals surface area contributed by atoms with Crippen molar-refractivity contribution in [3.05, 3.63) is 47.5 Å². The number of carbonyl (C=O) groups excluding carboxylic acids is 1. The third kappa shape index (κ3) is 3.14. The van der Waals surface area contributed by atoms with Crippen molar-refractivity contribution in [1.82, 2.24) is 20.5 Å². The number of rotatable bonds is 4. The number of hydrogen-bond donors (Lipinski definition) is 2. The molecule has 2 aromatic rings. The van der Waals surface area contributed by atoms with Crippen molar-refractivity contribution in [2.75, 3.05) is 0 Å². The molecule has 0 atom stereocenters. The minimum Gasteiger partial charge on any atom is -0.352 e. The Morgan fingerprint density at radius 3 is 3.00 bits per heavy atom. The summed E-state index contributed by atoms with van der Waals surface area (Å²) >= 11 is 0. The second-order valence-corrected chi connectivity index (χ2v) is 3.79. The zero-order valence-electron chi connectivity index (χ0n) is 9.60. The molecule has 0 fully saturated rings. The minimum absolute atomic E-state index is 0.0377. The SMILES string of the molecule is Cc1[nH]ncc1CNC(=O)Cc1ccccn1. The Hall–Kier alpha value is -2.17. The third-order valence-electron chi connectivity index (χ3n) is 2.48. The van der Waals surface area contributed by atoms with Gasteiger partial charge in [0, 0.05) is 29.7 Å². The van der Waals surface area contributed by atoms with Crippen LogP contribution in [0, 0.1) is 6.92 Å². The van der Waals surface area contributed by atoms with E-state index in [0.717, 1.165) is 17.0 Å². The van der Waals surface area contributed by atoms with Crippen LogP contribution in [-0.4, -0.2) is 21.1 Å². The van der Waals surface area contributed by atoms with Gasteiger partial charge in [0.05, 0.1) is 12.6 Å². The molecule has 0 aliphatic heterocycles. The number of aromatic nitrogens is 3. The Morgan fingerprint density at radius 2 is 2.35 bits per heavy atom. The second kappa shape index (κ2) is 5.25. The number of pyridine rings is 1. The molecule has 5 heteroatoms. The van der Waals surface area contributed by atoms with Gasteiger partial charge in [-0.15, -0.1) is 0 Å². The highest BCUT2D eigenvalue weighted by Crippen LogP contribution is 2.01. The summed E-state index contributed by atoms with van der Waals surface area (Å²) in [7, 11) is 0. The topological polar surface area (TPSA) is 70.7 Å². The van der Waals surface area contributed by atoms with Gasteiger partial charge < -0.3 is 5.32 Å². The van der Waals surface area contributed by atoms with Crippen LogP contribution in [0.3, 0.4) is 0 Å². The van der Waals surface area contributed by atoms with Crippen LogP contribution in [0.4, 0.5) is 0 Å². The van der Waals surface area contributed by atoms with E-state index in [2.05, 4.69) is 20.5 Å². The average Bonchev–Trinajstić information content (AvgIpc) is 2.74. The molecule has 5 nitrogen and oxygen atoms in total. The van der Waals surface area contributed by atoms with Gasteiger partial charge in [0.2, 0.25) is 5.91 Å². The summed E-state index contributed by atoms with van der Waals surface area (Å²) in [6.45, 7) is 2.42. The van der Waals surface area contributed by atoms with Gasteiger partial charge in [-0.05, 0) is 19.1 Å². The summed E-state index contributed by atoms with van der Waals surface area (Å²) in [5, 5.41) is 9.56. The number of nitrogens with one attached hydrogen (secondary N) is 2. The molecule has 2 N–H and O–H groups in total. The first-order chi connectivity index (χ1) is 8.25. The molecular weight excluding hydrogens is 216 g/mol. The predicted octanol–water partition coefficient (Wildman–Crippen LogP) is 0.972. The summed E-state index contributed by atoms with van der Waals surface area (Å²) in [5.41, 5.74) is 2.75. The van der Waals surface area contributed by atoms with Crippen LogP contribution in [0.5, 0.6) is 0 Å². The van der Waals surface area contributed by atoms with Gasteiger partial charge in [-0.2, -0.15) is 5.10 Å². The maximum absolute atomic E-state index is 11.6. The second-order valence-electron chi connectivity index (χ2n) is 3.79. The fourth-order valence-electron chi connectivity index (χ4n) is 1.48. The van der Waals surface area contributed by atoms with Gasteiger partial charge in [-0.1, -0.05) is 6.07 Å². The molecule has 0 bridgehead atoms. The molecule has 0 saturated heterocycles. The van der Waals surface area contributed by atoms with Gasteiger partial charge in [-0.25, -0.2) is 0 Å². The molecule has 2 aromatic heterocycles. The molecule has 0 radical (unpaired) electrons. The van der Waals surface area contributed by atoms with E-state index in [1.54, 1.807) is 12.4 Å². The lowest BCUT2D eigenvalue weighted by Crippen LogP contribution is -2.25. The quantitative estimate of drug-likeness (QED) is 0.822. The molecule has 88 valence electrons. The number of amides is 1. The number of aryl methyl sites for hydroxylation is 1. The normalized spacial score (nSPS) is 10.2. The number of nitrogens with zero attached hydrogens (tertiary/aromatic N) is 2. The van der Waals surface area contributed by atoms with Crippen molar-refractivity contribution >= 4 is 5.91 Å². The first-order valence-electron chi connectivity index (χ1n) is 5.41. The smallest absolute Gasteiger partial charge is 0.226 e. The summed E-state index contributed by atoms with van der Waals surface area (Å²) in [6.07, 6.45) is 3.71. The molecule has 1 amide bonds. The van der Waals surface area contributed by atoms with Gasteiger partial charge >= 0.3 is 0 Å². The van der Waals surface area contributed by atoms with Crippen LogP contribution < -0.4 is 5.32 Å². The fourth-order valence-corrected chi connectivity index (χ4v) is 1.48. The highest BCUT2D eigenvalue weighted by molar-refractivity contribution is 5.78. The van der Waals surface area contributed by atoms with E-state index in [-0.39, 0.29) is 5.91 Å². The van der Waals surface area contributed by atoms with E-state index in [1.165, 1.54) is 0 Å². The van der Waals surface area contributed by atoms with Gasteiger partial charge in [0.15, 0.2) is 0 Å². The van der Waals surface area contributed by atoms with Crippen LogP contribution in [0.15, 0.2) is 30.6 Å². The molecule has 2 rings (SSSR count). The number of carbonyl (C=O) groups is 1. The Labute approximate surface area is 99.3 Å². The lowest BCUT2D eigenvalue weighted by molar-refractivity contribution is -0.120. The molecule has 0 aromatic carbocycles. The molecule has 0 spiro atoms. The molecule has 0 unspecified atom stereocenters. The van der Waals surface area contributed by atoms with Gasteiger partial charge in [-0.3, -0.25) is 14.9 Å². The van der Waals surface area contributed by atoms with Gasteiger partial charge in [0.25, 0.3) is 0 Å². The lowest BCUT2D eigenvalue weighted by atomic mass is 10.2. The van der Waals surface area contributed by atoms with Crippen LogP contribution in [0.1, 0.15) is 17.0 Å². The van der Waals surface area contributed by atoms with Crippen LogP contribution >= 0.6 is 0 Å². The van der Waals surface area contributed by atoms with Crippen molar-refractivity contribution in [3.8, 4) is 0 Å². The van der Waals surface area contributed by atoms with Crippen molar-refractivity contribution in [2.45, 2.75) is 19.9 Å². The molecule has 0 saturated carbocycles. The molecule has 17 heavy (non-hydrogen) atoms. The van der Waals surface area contributed by atoms with E-state index in [4.69, 9.17) is 0 Å². The van der Waals surface area contributed by atoms with E-state index in [1.807, 2.05) is 25.1 Å². The summed E-state index contributed by atoms with van der Waals surface area (Å²) in [4.78, 5) is 15.7. The minimum atomic E-state index is -0.0377. The molecule has 2 heterocycles. The standard InChI is InChI=1S/C12H14N4O/c1-9-10(8-15-16-9)7-14-12(17)6-11-4-2-3-5-13-11/h2-5,8H,6-7H2,1H3,(H,14,17)(H,15,16). The molecule has 0 aliphatic rings. The Balaban J connectivity index is 1.84. The van der Waals surface area contributed by atoms with E-state index in [0.29, 0.717) is 13.0 Å². The highest BCUT2D eigenvalue weighted by Gasteiger charge is 2.05. The Kier molecular flexibility index (Phi) is 3.49. The van der Waals surface area contributed by atoms with E-state index >= 15 is 0 Å². The Bertz CT molecular complexity index is 492. The van der Waals surface area contributed by atoms with Crippen molar-refractivity contribution in [2.24, 2.45) is 0 Å². The highest BCUT2D eigenvalue weighted by atomic mass is 16.1.